The fourth-order valence-corrected chi connectivity index (χ4v) is 3.67. The van der Waals surface area contributed by atoms with Gasteiger partial charge in [-0.25, -0.2) is 4.79 Å². The number of benzene rings is 1. The number of rotatable bonds is 7. The van der Waals surface area contributed by atoms with E-state index in [1.165, 1.54) is 0 Å². The van der Waals surface area contributed by atoms with Crippen molar-refractivity contribution in [3.05, 3.63) is 29.8 Å². The first kappa shape index (κ1) is 23.1. The van der Waals surface area contributed by atoms with Crippen molar-refractivity contribution in [3.63, 3.8) is 0 Å². The lowest BCUT2D eigenvalue weighted by atomic mass is 10.0. The lowest BCUT2D eigenvalue weighted by Crippen LogP contribution is -2.49. The van der Waals surface area contributed by atoms with Crippen LogP contribution in [0.2, 0.25) is 0 Å². The minimum atomic E-state index is -0.546. The van der Waals surface area contributed by atoms with E-state index in [-0.39, 0.29) is 30.4 Å². The van der Waals surface area contributed by atoms with Gasteiger partial charge < -0.3 is 20.7 Å². The molecule has 0 radical (unpaired) electrons. The third-order valence-electron chi connectivity index (χ3n) is 5.34. The maximum Gasteiger partial charge on any atom is 0.407 e. The van der Waals surface area contributed by atoms with Crippen LogP contribution < -0.4 is 16.0 Å². The predicted molar refractivity (Wildman–Crippen MR) is 119 cm³/mol. The van der Waals surface area contributed by atoms with E-state index >= 15 is 0 Å². The fraction of sp³-hybridized carbons (Fsp3) is 0.609. The lowest BCUT2D eigenvalue weighted by molar-refractivity contribution is -0.118. The van der Waals surface area contributed by atoms with E-state index in [1.54, 1.807) is 24.3 Å². The molecule has 8 heteroatoms. The van der Waals surface area contributed by atoms with Crippen molar-refractivity contribution in [3.8, 4) is 0 Å². The molecule has 3 amide bonds. The van der Waals surface area contributed by atoms with Gasteiger partial charge in [-0.15, -0.1) is 0 Å². The monoisotopic (exact) mass is 430 g/mol. The number of carbonyl (C=O) groups excluding carboxylic acids is 3. The van der Waals surface area contributed by atoms with Gasteiger partial charge in [-0.05, 0) is 65.1 Å². The minimum absolute atomic E-state index is 0.0698. The third-order valence-corrected chi connectivity index (χ3v) is 5.34. The van der Waals surface area contributed by atoms with Crippen LogP contribution in [-0.4, -0.2) is 60.1 Å². The van der Waals surface area contributed by atoms with E-state index in [2.05, 4.69) is 20.9 Å². The summed E-state index contributed by atoms with van der Waals surface area (Å²) in [6.45, 7) is 6.91. The Hall–Kier alpha value is -2.61. The van der Waals surface area contributed by atoms with Crippen LogP contribution in [0.1, 0.15) is 63.2 Å². The standard InChI is InChI=1S/C23H34N4O4/c1-23(2,3)31-22(30)24-14-17-8-6-7-13-27(17)15-20(28)26-19-10-5-4-9-18(19)21(29)25-16-11-12-16/h4-5,9-10,16-17H,6-8,11-15H2,1-3H3,(H,24,30)(H,25,29)(H,26,28). The first-order valence-electron chi connectivity index (χ1n) is 11.1. The van der Waals surface area contributed by atoms with Gasteiger partial charge in [0.1, 0.15) is 5.60 Å². The summed E-state index contributed by atoms with van der Waals surface area (Å²) in [5.41, 5.74) is 0.450. The molecule has 1 aromatic rings. The molecule has 1 atom stereocenters. The van der Waals surface area contributed by atoms with Gasteiger partial charge >= 0.3 is 6.09 Å². The van der Waals surface area contributed by atoms with Crippen molar-refractivity contribution in [2.75, 3.05) is 25.0 Å². The summed E-state index contributed by atoms with van der Waals surface area (Å²) in [6, 6.07) is 7.39. The van der Waals surface area contributed by atoms with Gasteiger partial charge in [0.05, 0.1) is 17.8 Å². The molecule has 1 saturated carbocycles. The number of hydrogen-bond acceptors (Lipinski definition) is 5. The SMILES string of the molecule is CC(C)(C)OC(=O)NCC1CCCCN1CC(=O)Nc1ccccc1C(=O)NC1CC1. The van der Waals surface area contributed by atoms with E-state index < -0.39 is 11.7 Å². The number of anilines is 1. The Morgan fingerprint density at radius 2 is 1.84 bits per heavy atom. The molecule has 1 aliphatic carbocycles. The van der Waals surface area contributed by atoms with Gasteiger partial charge in [0.25, 0.3) is 5.91 Å². The van der Waals surface area contributed by atoms with Crippen LogP contribution in [0.3, 0.4) is 0 Å². The average molecular weight is 431 g/mol. The smallest absolute Gasteiger partial charge is 0.407 e. The Bertz CT molecular complexity index is 801. The second-order valence-electron chi connectivity index (χ2n) is 9.34. The summed E-state index contributed by atoms with van der Waals surface area (Å²) in [6.07, 6.45) is 4.54. The van der Waals surface area contributed by atoms with Gasteiger partial charge in [-0.3, -0.25) is 14.5 Å². The van der Waals surface area contributed by atoms with Gasteiger partial charge in [0, 0.05) is 18.6 Å². The second kappa shape index (κ2) is 10.1. The molecule has 0 bridgehead atoms. The van der Waals surface area contributed by atoms with Crippen LogP contribution in [0.25, 0.3) is 0 Å². The Balaban J connectivity index is 1.55. The molecule has 2 aliphatic rings. The minimum Gasteiger partial charge on any atom is -0.444 e. The molecule has 2 fully saturated rings. The molecule has 3 rings (SSSR count). The summed E-state index contributed by atoms with van der Waals surface area (Å²) < 4.78 is 5.31. The first-order valence-corrected chi connectivity index (χ1v) is 11.1. The molecular weight excluding hydrogens is 396 g/mol. The highest BCUT2D eigenvalue weighted by atomic mass is 16.6. The van der Waals surface area contributed by atoms with Crippen LogP contribution in [-0.2, 0) is 9.53 Å². The Morgan fingerprint density at radius 3 is 2.55 bits per heavy atom. The Labute approximate surface area is 184 Å². The Morgan fingerprint density at radius 1 is 1.10 bits per heavy atom. The summed E-state index contributed by atoms with van der Waals surface area (Å²) in [5, 5.41) is 8.68. The van der Waals surface area contributed by atoms with Crippen LogP contribution >= 0.6 is 0 Å². The van der Waals surface area contributed by atoms with Crippen LogP contribution in [0.5, 0.6) is 0 Å². The number of hydrogen-bond donors (Lipinski definition) is 3. The van der Waals surface area contributed by atoms with E-state index in [0.29, 0.717) is 17.8 Å². The number of amides is 3. The van der Waals surface area contributed by atoms with E-state index in [9.17, 15) is 14.4 Å². The predicted octanol–water partition coefficient (Wildman–Crippen LogP) is 2.90. The van der Waals surface area contributed by atoms with Crippen LogP contribution in [0, 0.1) is 0 Å². The maximum absolute atomic E-state index is 12.8. The zero-order valence-corrected chi connectivity index (χ0v) is 18.7. The molecular formula is C23H34N4O4. The zero-order chi connectivity index (χ0) is 22.4. The van der Waals surface area contributed by atoms with Gasteiger partial charge in [0.15, 0.2) is 0 Å². The molecule has 1 aliphatic heterocycles. The van der Waals surface area contributed by atoms with E-state index in [4.69, 9.17) is 4.74 Å². The normalized spacial score (nSPS) is 19.4. The van der Waals surface area contributed by atoms with Crippen LogP contribution in [0.4, 0.5) is 10.5 Å². The van der Waals surface area contributed by atoms with E-state index in [0.717, 1.165) is 38.6 Å². The highest BCUT2D eigenvalue weighted by Crippen LogP contribution is 2.22. The number of nitrogens with one attached hydrogen (secondary N) is 3. The van der Waals surface area contributed by atoms with Crippen molar-refractivity contribution in [2.24, 2.45) is 0 Å². The molecule has 170 valence electrons. The topological polar surface area (TPSA) is 99.8 Å². The van der Waals surface area contributed by atoms with Crippen molar-refractivity contribution in [2.45, 2.75) is 70.6 Å². The quantitative estimate of drug-likeness (QED) is 0.618. The largest absolute Gasteiger partial charge is 0.444 e. The first-order chi connectivity index (χ1) is 14.7. The number of likely N-dealkylation sites (tertiary alicyclic amines) is 1. The molecule has 0 aromatic heterocycles. The van der Waals surface area contributed by atoms with Gasteiger partial charge in [-0.1, -0.05) is 18.6 Å². The van der Waals surface area contributed by atoms with Crippen molar-refractivity contribution < 1.29 is 19.1 Å². The third kappa shape index (κ3) is 7.54. The van der Waals surface area contributed by atoms with Crippen LogP contribution in [0.15, 0.2) is 24.3 Å². The van der Waals surface area contributed by atoms with Crippen molar-refractivity contribution >= 4 is 23.6 Å². The Kier molecular flexibility index (Phi) is 7.54. The molecule has 1 aromatic carbocycles. The summed E-state index contributed by atoms with van der Waals surface area (Å²) in [5.74, 6) is -0.327. The van der Waals surface area contributed by atoms with Gasteiger partial charge in [0.2, 0.25) is 5.91 Å². The lowest BCUT2D eigenvalue weighted by Gasteiger charge is -2.35. The number of carbonyl (C=O) groups is 3. The molecule has 3 N–H and O–H groups in total. The zero-order valence-electron chi connectivity index (χ0n) is 18.7. The summed E-state index contributed by atoms with van der Waals surface area (Å²) >= 11 is 0. The molecule has 1 unspecified atom stereocenters. The molecule has 1 saturated heterocycles. The average Bonchev–Trinajstić information content (AvgIpc) is 3.50. The number of ether oxygens (including phenoxy) is 1. The fourth-order valence-electron chi connectivity index (χ4n) is 3.67. The molecule has 1 heterocycles. The summed E-state index contributed by atoms with van der Waals surface area (Å²) in [7, 11) is 0. The number of alkyl carbamates (subject to hydrolysis) is 1. The number of piperidine rings is 1. The second-order valence-corrected chi connectivity index (χ2v) is 9.34. The van der Waals surface area contributed by atoms with Crippen molar-refractivity contribution in [1.29, 1.82) is 0 Å². The van der Waals surface area contributed by atoms with Gasteiger partial charge in [-0.2, -0.15) is 0 Å². The molecule has 8 nitrogen and oxygen atoms in total. The number of nitrogens with zero attached hydrogens (tertiary/aromatic N) is 1. The molecule has 0 spiro atoms. The highest BCUT2D eigenvalue weighted by molar-refractivity contribution is 6.04. The van der Waals surface area contributed by atoms with Crippen molar-refractivity contribution in [1.82, 2.24) is 15.5 Å². The molecule has 31 heavy (non-hydrogen) atoms. The maximum atomic E-state index is 12.8. The number of para-hydroxylation sites is 1. The summed E-state index contributed by atoms with van der Waals surface area (Å²) in [4.78, 5) is 39.3. The van der Waals surface area contributed by atoms with E-state index in [1.807, 2.05) is 20.8 Å². The highest BCUT2D eigenvalue weighted by Gasteiger charge is 2.27.